The molecule has 3 aromatic carbocycles. The van der Waals surface area contributed by atoms with E-state index >= 15 is 0 Å². The predicted octanol–water partition coefficient (Wildman–Crippen LogP) is 4.54. The fourth-order valence-corrected chi connectivity index (χ4v) is 4.31. The molecular formula is C25H21N3O5S. The van der Waals surface area contributed by atoms with Crippen molar-refractivity contribution >= 4 is 33.9 Å². The fourth-order valence-electron chi connectivity index (χ4n) is 3.56. The minimum Gasteiger partial charge on any atom is -0.508 e. The second-order valence-corrected chi connectivity index (χ2v) is 8.78. The Labute approximate surface area is 200 Å². The number of ether oxygens (including phenoxy) is 2. The number of nitrogens with zero attached hydrogens (tertiary/aromatic N) is 2. The van der Waals surface area contributed by atoms with Crippen LogP contribution < -0.4 is 14.8 Å². The number of carbonyl (C=O) groups excluding carboxylic acids is 2. The average Bonchev–Trinajstić information content (AvgIpc) is 3.28. The highest BCUT2D eigenvalue weighted by Crippen LogP contribution is 2.28. The van der Waals surface area contributed by atoms with Gasteiger partial charge in [0.15, 0.2) is 0 Å². The third kappa shape index (κ3) is 4.69. The van der Waals surface area contributed by atoms with Crippen LogP contribution in [0.3, 0.4) is 0 Å². The number of aromatic nitrogens is 2. The Morgan fingerprint density at radius 3 is 2.47 bits per heavy atom. The van der Waals surface area contributed by atoms with Crippen LogP contribution in [0, 0.1) is 0 Å². The molecule has 0 saturated carbocycles. The lowest BCUT2D eigenvalue weighted by molar-refractivity contribution is -0.118. The first-order valence-corrected chi connectivity index (χ1v) is 11.3. The summed E-state index contributed by atoms with van der Waals surface area (Å²) in [5, 5.41) is 9.54. The highest BCUT2D eigenvalue weighted by atomic mass is 32.2. The van der Waals surface area contributed by atoms with Gasteiger partial charge in [-0.05, 0) is 60.5 Å². The van der Waals surface area contributed by atoms with E-state index in [2.05, 4.69) is 10.3 Å². The molecular weight excluding hydrogens is 454 g/mol. The van der Waals surface area contributed by atoms with Crippen LogP contribution >= 0.6 is 11.8 Å². The molecule has 1 atom stereocenters. The van der Waals surface area contributed by atoms with Gasteiger partial charge in [0.1, 0.15) is 35.4 Å². The number of amides is 2. The number of phenols is 1. The molecule has 2 amide bonds. The Bertz CT molecular complexity index is 1420. The van der Waals surface area contributed by atoms with Crippen molar-refractivity contribution in [1.29, 1.82) is 0 Å². The molecule has 4 aromatic rings. The molecule has 5 rings (SSSR count). The van der Waals surface area contributed by atoms with Crippen molar-refractivity contribution in [2.75, 3.05) is 0 Å². The second kappa shape index (κ2) is 9.11. The molecule has 8 nitrogen and oxygen atoms in total. The van der Waals surface area contributed by atoms with Crippen LogP contribution in [0.15, 0.2) is 66.7 Å². The lowest BCUT2D eigenvalue weighted by atomic mass is 10.1. The summed E-state index contributed by atoms with van der Waals surface area (Å²) < 4.78 is 21.9. The van der Waals surface area contributed by atoms with E-state index in [0.717, 1.165) is 22.4 Å². The monoisotopic (exact) mass is 476 g/mol. The third-order valence-corrected chi connectivity index (χ3v) is 6.22. The summed E-state index contributed by atoms with van der Waals surface area (Å²) in [5.41, 5.74) is 2.45. The second-order valence-electron chi connectivity index (χ2n) is 7.71. The maximum absolute atomic E-state index is 11.9. The van der Waals surface area contributed by atoms with Gasteiger partial charge in [-0.2, -0.15) is 0 Å². The normalized spacial score (nSPS) is 18.1. The number of aromatic hydroxyl groups is 1. The molecule has 34 heavy (non-hydrogen) atoms. The Morgan fingerprint density at radius 1 is 1.06 bits per heavy atom. The summed E-state index contributed by atoms with van der Waals surface area (Å²) >= 11 is 0.694. The SMILES string of the molecule is [2H]C1(Cc2ccc(OCc3nc4ccc(Oc5ccc(O)cc5)cc4n3C)cc2)SC(=O)NC1=O. The van der Waals surface area contributed by atoms with Crippen LogP contribution in [0.1, 0.15) is 12.8 Å². The zero-order chi connectivity index (χ0) is 24.6. The van der Waals surface area contributed by atoms with Gasteiger partial charge in [-0.1, -0.05) is 23.9 Å². The smallest absolute Gasteiger partial charge is 0.286 e. The first-order valence-electron chi connectivity index (χ1n) is 11.0. The zero-order valence-electron chi connectivity index (χ0n) is 19.1. The molecule has 1 saturated heterocycles. The average molecular weight is 477 g/mol. The van der Waals surface area contributed by atoms with Crippen molar-refractivity contribution < 1.29 is 25.5 Å². The Balaban J connectivity index is 1.25. The maximum Gasteiger partial charge on any atom is 0.286 e. The van der Waals surface area contributed by atoms with E-state index in [1.807, 2.05) is 29.8 Å². The van der Waals surface area contributed by atoms with Crippen LogP contribution in [-0.4, -0.2) is 31.0 Å². The summed E-state index contributed by atoms with van der Waals surface area (Å²) in [5.74, 6) is 2.20. The molecule has 0 bridgehead atoms. The number of phenolic OH excluding ortho intramolecular Hbond substituents is 1. The molecule has 0 spiro atoms. The lowest BCUT2D eigenvalue weighted by Crippen LogP contribution is -2.25. The van der Waals surface area contributed by atoms with Gasteiger partial charge in [0, 0.05) is 13.1 Å². The van der Waals surface area contributed by atoms with Crippen molar-refractivity contribution in [3.05, 3.63) is 78.1 Å². The standard InChI is InChI=1S/C25H21N3O5S/c1-28-21-13-19(33-18-8-4-16(29)5-9-18)10-11-20(21)26-23(28)14-32-17-6-2-15(3-7-17)12-22-24(30)27-25(31)34-22/h2-11,13,22,29H,12,14H2,1H3,(H,27,30,31)/i22D. The van der Waals surface area contributed by atoms with Crippen molar-refractivity contribution in [1.82, 2.24) is 14.9 Å². The molecule has 1 aromatic heterocycles. The van der Waals surface area contributed by atoms with E-state index in [0.29, 0.717) is 29.0 Å². The van der Waals surface area contributed by atoms with Crippen molar-refractivity contribution in [3.63, 3.8) is 0 Å². The summed E-state index contributed by atoms with van der Waals surface area (Å²) in [4.78, 5) is 27.9. The van der Waals surface area contributed by atoms with Crippen LogP contribution in [0.5, 0.6) is 23.0 Å². The van der Waals surface area contributed by atoms with Gasteiger partial charge < -0.3 is 19.1 Å². The van der Waals surface area contributed by atoms with Crippen molar-refractivity contribution in [2.24, 2.45) is 7.05 Å². The summed E-state index contributed by atoms with van der Waals surface area (Å²) in [7, 11) is 1.90. The number of aryl methyl sites for hydroxylation is 1. The number of thioether (sulfide) groups is 1. The minimum atomic E-state index is -1.54. The molecule has 2 N–H and O–H groups in total. The van der Waals surface area contributed by atoms with E-state index in [1.165, 1.54) is 0 Å². The molecule has 1 aliphatic rings. The van der Waals surface area contributed by atoms with E-state index in [4.69, 9.17) is 10.8 Å². The first-order chi connectivity index (χ1) is 16.8. The van der Waals surface area contributed by atoms with Crippen molar-refractivity contribution in [2.45, 2.75) is 18.3 Å². The van der Waals surface area contributed by atoms with E-state index < -0.39 is 16.4 Å². The predicted molar refractivity (Wildman–Crippen MR) is 128 cm³/mol. The number of imidazole rings is 1. The van der Waals surface area contributed by atoms with Gasteiger partial charge >= 0.3 is 0 Å². The molecule has 0 aliphatic carbocycles. The van der Waals surface area contributed by atoms with Crippen LogP contribution in [-0.2, 0) is 24.9 Å². The van der Waals surface area contributed by atoms with Gasteiger partial charge in [-0.25, -0.2) is 4.98 Å². The summed E-state index contributed by atoms with van der Waals surface area (Å²) in [6.07, 6.45) is 0.120. The molecule has 1 fully saturated rings. The Kier molecular flexibility index (Phi) is 5.52. The molecule has 9 heteroatoms. The van der Waals surface area contributed by atoms with Crippen molar-refractivity contribution in [3.8, 4) is 23.0 Å². The van der Waals surface area contributed by atoms with Gasteiger partial charge in [-0.15, -0.1) is 0 Å². The number of benzene rings is 3. The lowest BCUT2D eigenvalue weighted by Gasteiger charge is -2.09. The van der Waals surface area contributed by atoms with Crippen LogP contribution in [0.25, 0.3) is 11.0 Å². The summed E-state index contributed by atoms with van der Waals surface area (Å²) in [6.45, 7) is 0.244. The van der Waals surface area contributed by atoms with Gasteiger partial charge in [-0.3, -0.25) is 14.9 Å². The topological polar surface area (TPSA) is 103 Å². The van der Waals surface area contributed by atoms with E-state index in [1.54, 1.807) is 48.5 Å². The largest absolute Gasteiger partial charge is 0.508 e. The molecule has 172 valence electrons. The van der Waals surface area contributed by atoms with Crippen LogP contribution in [0.2, 0.25) is 0 Å². The number of fused-ring (bicyclic) bond motifs is 1. The van der Waals surface area contributed by atoms with Gasteiger partial charge in [0.25, 0.3) is 5.24 Å². The number of rotatable bonds is 7. The Morgan fingerprint density at radius 2 is 1.76 bits per heavy atom. The van der Waals surface area contributed by atoms with E-state index in [9.17, 15) is 14.7 Å². The highest BCUT2D eigenvalue weighted by Gasteiger charge is 2.31. The van der Waals surface area contributed by atoms with Gasteiger partial charge in [0.2, 0.25) is 5.91 Å². The number of hydrogen-bond donors (Lipinski definition) is 2. The number of hydrogen-bond acceptors (Lipinski definition) is 7. The summed E-state index contributed by atoms with van der Waals surface area (Å²) in [6, 6.07) is 19.2. The van der Waals surface area contributed by atoms with E-state index in [-0.39, 0.29) is 18.8 Å². The van der Waals surface area contributed by atoms with Crippen LogP contribution in [0.4, 0.5) is 4.79 Å². The maximum atomic E-state index is 11.9. The zero-order valence-corrected chi connectivity index (χ0v) is 19.0. The number of carbonyl (C=O) groups is 2. The fraction of sp³-hybridized carbons (Fsp3) is 0.160. The molecule has 1 unspecified atom stereocenters. The third-order valence-electron chi connectivity index (χ3n) is 5.36. The molecule has 2 heterocycles. The number of imide groups is 1. The molecule has 0 radical (unpaired) electrons. The highest BCUT2D eigenvalue weighted by molar-refractivity contribution is 8.15. The molecule has 1 aliphatic heterocycles. The van der Waals surface area contributed by atoms with Gasteiger partial charge in [0.05, 0.1) is 17.6 Å². The first kappa shape index (κ1) is 20.6. The minimum absolute atomic E-state index is 0.120. The Hall–Kier alpha value is -3.98. The quantitative estimate of drug-likeness (QED) is 0.404. The number of nitrogens with one attached hydrogen (secondary N) is 1.